The van der Waals surface area contributed by atoms with Crippen LogP contribution in [0, 0.1) is 18.8 Å². The molecule has 5 heteroatoms. The van der Waals surface area contributed by atoms with Crippen molar-refractivity contribution in [2.24, 2.45) is 11.8 Å². The fourth-order valence-electron chi connectivity index (χ4n) is 3.86. The highest BCUT2D eigenvalue weighted by Crippen LogP contribution is 2.47. The summed E-state index contributed by atoms with van der Waals surface area (Å²) in [7, 11) is 0. The van der Waals surface area contributed by atoms with E-state index in [1.54, 1.807) is 13.0 Å². The third-order valence-corrected chi connectivity index (χ3v) is 5.67. The molecule has 1 heterocycles. The zero-order valence-electron chi connectivity index (χ0n) is 13.3. The van der Waals surface area contributed by atoms with Crippen molar-refractivity contribution in [3.05, 3.63) is 34.9 Å². The normalized spacial score (nSPS) is 30.2. The molecule has 1 amide bonds. The van der Waals surface area contributed by atoms with Gasteiger partial charge >= 0.3 is 5.97 Å². The molecule has 2 aliphatic carbocycles. The topological polar surface area (TPSA) is 78.4 Å². The number of amides is 1. The molecule has 4 rings (SSSR count). The summed E-state index contributed by atoms with van der Waals surface area (Å²) in [6, 6.07) is 5.32. The summed E-state index contributed by atoms with van der Waals surface area (Å²) in [4.78, 5) is 23.7. The maximum absolute atomic E-state index is 12.6. The first-order valence-corrected chi connectivity index (χ1v) is 8.38. The van der Waals surface area contributed by atoms with Gasteiger partial charge in [0, 0.05) is 0 Å². The van der Waals surface area contributed by atoms with Crippen LogP contribution < -0.4 is 10.6 Å². The SMILES string of the molecule is Cc1cc(C2(NC(=O)C3CC4CC4CN3)CC2)ccc1C(=O)O. The summed E-state index contributed by atoms with van der Waals surface area (Å²) in [6.45, 7) is 2.77. The van der Waals surface area contributed by atoms with Crippen LogP contribution in [0.25, 0.3) is 0 Å². The van der Waals surface area contributed by atoms with Gasteiger partial charge in [0.25, 0.3) is 0 Å². The summed E-state index contributed by atoms with van der Waals surface area (Å²) in [5, 5.41) is 15.7. The lowest BCUT2D eigenvalue weighted by atomic mass is 9.97. The summed E-state index contributed by atoms with van der Waals surface area (Å²) in [5.74, 6) is 0.709. The summed E-state index contributed by atoms with van der Waals surface area (Å²) in [6.07, 6.45) is 4.05. The maximum atomic E-state index is 12.6. The monoisotopic (exact) mass is 314 g/mol. The Hall–Kier alpha value is -1.88. The number of carboxylic acids is 1. The van der Waals surface area contributed by atoms with E-state index in [-0.39, 0.29) is 17.5 Å². The van der Waals surface area contributed by atoms with E-state index in [1.807, 2.05) is 12.1 Å². The highest BCUT2D eigenvalue weighted by molar-refractivity contribution is 5.89. The first-order chi connectivity index (χ1) is 11.0. The Balaban J connectivity index is 1.48. The minimum Gasteiger partial charge on any atom is -0.478 e. The number of carbonyl (C=O) groups is 2. The lowest BCUT2D eigenvalue weighted by molar-refractivity contribution is -0.124. The Bertz CT molecular complexity index is 681. The van der Waals surface area contributed by atoms with Crippen molar-refractivity contribution in [3.63, 3.8) is 0 Å². The molecule has 3 N–H and O–H groups in total. The van der Waals surface area contributed by atoms with Crippen LogP contribution in [0.2, 0.25) is 0 Å². The first-order valence-electron chi connectivity index (χ1n) is 8.38. The van der Waals surface area contributed by atoms with Gasteiger partial charge in [0.05, 0.1) is 17.1 Å². The van der Waals surface area contributed by atoms with E-state index in [9.17, 15) is 9.59 Å². The third kappa shape index (κ3) is 2.63. The van der Waals surface area contributed by atoms with Crippen molar-refractivity contribution in [2.45, 2.75) is 44.2 Å². The molecule has 2 saturated carbocycles. The molecule has 1 aliphatic heterocycles. The molecular formula is C18H22N2O3. The minimum atomic E-state index is -0.909. The Kier molecular flexibility index (Phi) is 3.23. The van der Waals surface area contributed by atoms with E-state index in [0.717, 1.165) is 48.8 Å². The van der Waals surface area contributed by atoms with Gasteiger partial charge in [0.15, 0.2) is 0 Å². The molecule has 0 aromatic heterocycles. The number of aryl methyl sites for hydroxylation is 1. The van der Waals surface area contributed by atoms with Crippen LogP contribution >= 0.6 is 0 Å². The van der Waals surface area contributed by atoms with Crippen LogP contribution in [0.4, 0.5) is 0 Å². The summed E-state index contributed by atoms with van der Waals surface area (Å²) >= 11 is 0. The van der Waals surface area contributed by atoms with Crippen LogP contribution in [0.1, 0.15) is 47.2 Å². The Labute approximate surface area is 135 Å². The number of rotatable bonds is 4. The van der Waals surface area contributed by atoms with Gasteiger partial charge in [-0.2, -0.15) is 0 Å². The number of hydrogen-bond donors (Lipinski definition) is 3. The second kappa shape index (κ2) is 5.06. The van der Waals surface area contributed by atoms with Gasteiger partial charge in [-0.05, 0) is 68.2 Å². The van der Waals surface area contributed by atoms with Crippen LogP contribution in [-0.2, 0) is 10.3 Å². The Morgan fingerprint density at radius 1 is 1.26 bits per heavy atom. The predicted octanol–water partition coefficient (Wildman–Crippen LogP) is 1.80. The zero-order chi connectivity index (χ0) is 16.2. The molecule has 3 fully saturated rings. The number of fused-ring (bicyclic) bond motifs is 1. The molecular weight excluding hydrogens is 292 g/mol. The van der Waals surface area contributed by atoms with Crippen molar-refractivity contribution in [1.29, 1.82) is 0 Å². The molecule has 23 heavy (non-hydrogen) atoms. The van der Waals surface area contributed by atoms with Crippen molar-refractivity contribution in [3.8, 4) is 0 Å². The number of hydrogen-bond acceptors (Lipinski definition) is 3. The fraction of sp³-hybridized carbons (Fsp3) is 0.556. The Morgan fingerprint density at radius 2 is 2.04 bits per heavy atom. The van der Waals surface area contributed by atoms with Gasteiger partial charge in [-0.15, -0.1) is 0 Å². The lowest BCUT2D eigenvalue weighted by Crippen LogP contribution is -2.50. The largest absolute Gasteiger partial charge is 0.478 e. The van der Waals surface area contributed by atoms with Crippen LogP contribution in [0.15, 0.2) is 18.2 Å². The molecule has 0 bridgehead atoms. The van der Waals surface area contributed by atoms with E-state index in [2.05, 4.69) is 10.6 Å². The van der Waals surface area contributed by atoms with Crippen LogP contribution in [0.3, 0.4) is 0 Å². The third-order valence-electron chi connectivity index (χ3n) is 5.67. The number of carbonyl (C=O) groups excluding carboxylic acids is 1. The Morgan fingerprint density at radius 3 is 2.65 bits per heavy atom. The average molecular weight is 314 g/mol. The van der Waals surface area contributed by atoms with Gasteiger partial charge in [-0.3, -0.25) is 4.79 Å². The van der Waals surface area contributed by atoms with Crippen LogP contribution in [-0.4, -0.2) is 29.6 Å². The number of aromatic carboxylic acids is 1. The van der Waals surface area contributed by atoms with Gasteiger partial charge in [0.2, 0.25) is 5.91 Å². The molecule has 5 nitrogen and oxygen atoms in total. The fourth-order valence-corrected chi connectivity index (χ4v) is 3.86. The highest BCUT2D eigenvalue weighted by Gasteiger charge is 2.49. The smallest absolute Gasteiger partial charge is 0.335 e. The maximum Gasteiger partial charge on any atom is 0.335 e. The quantitative estimate of drug-likeness (QED) is 0.792. The van der Waals surface area contributed by atoms with E-state index in [4.69, 9.17) is 5.11 Å². The van der Waals surface area contributed by atoms with E-state index in [1.165, 1.54) is 6.42 Å². The van der Waals surface area contributed by atoms with E-state index < -0.39 is 5.97 Å². The molecule has 1 aromatic rings. The standard InChI is InChI=1S/C18H22N2O3/c1-10-6-13(2-3-14(10)17(22)23)18(4-5-18)20-16(21)15-8-11-7-12(11)9-19-15/h2-3,6,11-12,15,19H,4-5,7-9H2,1H3,(H,20,21)(H,22,23). The average Bonchev–Trinajstić information content (AvgIpc) is 3.41. The highest BCUT2D eigenvalue weighted by atomic mass is 16.4. The molecule has 122 valence electrons. The molecule has 0 spiro atoms. The van der Waals surface area contributed by atoms with Gasteiger partial charge in [-0.25, -0.2) is 4.79 Å². The first kappa shape index (κ1) is 14.7. The number of carboxylic acid groups (broad SMARTS) is 1. The molecule has 3 aliphatic rings. The molecule has 3 unspecified atom stereocenters. The van der Waals surface area contributed by atoms with E-state index in [0.29, 0.717) is 5.56 Å². The lowest BCUT2D eigenvalue weighted by Gasteiger charge is -2.26. The number of piperidine rings is 1. The van der Waals surface area contributed by atoms with E-state index >= 15 is 0 Å². The second-order valence-electron chi connectivity index (χ2n) is 7.36. The van der Waals surface area contributed by atoms with Gasteiger partial charge < -0.3 is 15.7 Å². The molecule has 1 aromatic carbocycles. The van der Waals surface area contributed by atoms with Gasteiger partial charge in [0.1, 0.15) is 0 Å². The zero-order valence-corrected chi connectivity index (χ0v) is 13.3. The molecule has 1 saturated heterocycles. The van der Waals surface area contributed by atoms with Crippen molar-refractivity contribution >= 4 is 11.9 Å². The second-order valence-corrected chi connectivity index (χ2v) is 7.36. The van der Waals surface area contributed by atoms with Crippen molar-refractivity contribution in [1.82, 2.24) is 10.6 Å². The van der Waals surface area contributed by atoms with Crippen molar-refractivity contribution < 1.29 is 14.7 Å². The number of nitrogens with one attached hydrogen (secondary N) is 2. The molecule has 0 radical (unpaired) electrons. The van der Waals surface area contributed by atoms with Crippen LogP contribution in [0.5, 0.6) is 0 Å². The predicted molar refractivity (Wildman–Crippen MR) is 85.2 cm³/mol. The van der Waals surface area contributed by atoms with Gasteiger partial charge in [-0.1, -0.05) is 12.1 Å². The summed E-state index contributed by atoms with van der Waals surface area (Å²) < 4.78 is 0. The minimum absolute atomic E-state index is 0.0735. The molecule has 3 atom stereocenters. The number of benzene rings is 1. The summed E-state index contributed by atoms with van der Waals surface area (Å²) in [5.41, 5.74) is 1.80. The van der Waals surface area contributed by atoms with Crippen molar-refractivity contribution in [2.75, 3.05) is 6.54 Å².